The number of nitriles is 1. The third kappa shape index (κ3) is 4.27. The molecule has 8 nitrogen and oxygen atoms in total. The van der Waals surface area contributed by atoms with Crippen LogP contribution in [0.2, 0.25) is 5.02 Å². The number of fused-ring (bicyclic) bond motifs is 1. The van der Waals surface area contributed by atoms with Crippen molar-refractivity contribution in [2.24, 2.45) is 0 Å². The van der Waals surface area contributed by atoms with Gasteiger partial charge in [-0.05, 0) is 55.7 Å². The molecule has 0 amide bonds. The Hall–Kier alpha value is -3.00. The van der Waals surface area contributed by atoms with E-state index in [4.69, 9.17) is 21.6 Å². The molecule has 0 bridgehead atoms. The fourth-order valence-electron chi connectivity index (χ4n) is 4.02. The summed E-state index contributed by atoms with van der Waals surface area (Å²) in [7, 11) is -3.91. The summed E-state index contributed by atoms with van der Waals surface area (Å²) in [6, 6.07) is 9.78. The molecule has 2 aliphatic rings. The maximum Gasteiger partial charge on any atom is 0.243 e. The number of benzene rings is 2. The van der Waals surface area contributed by atoms with E-state index in [1.54, 1.807) is 25.1 Å². The fraction of sp³-hybridized carbons (Fsp3) is 0.348. The van der Waals surface area contributed by atoms with Crippen LogP contribution < -0.4 is 10.2 Å². The first-order valence-electron chi connectivity index (χ1n) is 11.0. The van der Waals surface area contributed by atoms with Crippen molar-refractivity contribution in [3.8, 4) is 6.07 Å². The quantitative estimate of drug-likeness (QED) is 0.570. The van der Waals surface area contributed by atoms with Crippen LogP contribution in [0.25, 0.3) is 11.0 Å². The zero-order valence-corrected chi connectivity index (χ0v) is 20.0. The van der Waals surface area contributed by atoms with Gasteiger partial charge in [0.1, 0.15) is 5.82 Å². The molecule has 1 aliphatic carbocycles. The van der Waals surface area contributed by atoms with Gasteiger partial charge in [-0.15, -0.1) is 0 Å². The molecule has 0 unspecified atom stereocenters. The van der Waals surface area contributed by atoms with Crippen molar-refractivity contribution in [3.63, 3.8) is 0 Å². The van der Waals surface area contributed by atoms with E-state index in [1.807, 2.05) is 4.90 Å². The highest BCUT2D eigenvalue weighted by Gasteiger charge is 2.33. The first-order chi connectivity index (χ1) is 16.3. The Balaban J connectivity index is 1.43. The van der Waals surface area contributed by atoms with E-state index in [2.05, 4.69) is 11.4 Å². The molecule has 3 aromatic rings. The van der Waals surface area contributed by atoms with Gasteiger partial charge in [0.2, 0.25) is 10.0 Å². The first kappa shape index (κ1) is 22.8. The number of aromatic nitrogens is 2. The molecule has 1 N–H and O–H groups in total. The zero-order chi connectivity index (χ0) is 24.0. The summed E-state index contributed by atoms with van der Waals surface area (Å²) in [5.74, 6) is 0.604. The number of halogens is 2. The summed E-state index contributed by atoms with van der Waals surface area (Å²) in [4.78, 5) is 11.4. The van der Waals surface area contributed by atoms with Gasteiger partial charge < -0.3 is 10.2 Å². The topological polar surface area (TPSA) is 102 Å². The largest absolute Gasteiger partial charge is 0.364 e. The molecule has 11 heteroatoms. The van der Waals surface area contributed by atoms with Crippen LogP contribution in [0.3, 0.4) is 0 Å². The van der Waals surface area contributed by atoms with E-state index in [0.29, 0.717) is 52.9 Å². The van der Waals surface area contributed by atoms with Gasteiger partial charge in [-0.2, -0.15) is 9.57 Å². The van der Waals surface area contributed by atoms with Crippen molar-refractivity contribution in [1.82, 2.24) is 14.3 Å². The van der Waals surface area contributed by atoms with Crippen molar-refractivity contribution in [1.29, 1.82) is 5.26 Å². The third-order valence-electron chi connectivity index (χ3n) is 6.11. The third-order valence-corrected chi connectivity index (χ3v) is 8.53. The molecule has 34 heavy (non-hydrogen) atoms. The standard InChI is InChI=1S/C23H22ClFN6O2S/c1-14-18(24)11-16(25)12-21(14)34(32,33)31-8-6-30(7-9-31)23-22(27-17-3-4-17)28-19-5-2-15(13-26)10-20(19)29-23/h2,5,10-12,17H,3-4,6-9H2,1H3,(H,27,28). The van der Waals surface area contributed by atoms with Crippen LogP contribution in [-0.2, 0) is 10.0 Å². The van der Waals surface area contributed by atoms with Gasteiger partial charge in [0.05, 0.1) is 27.6 Å². The number of rotatable bonds is 5. The predicted molar refractivity (Wildman–Crippen MR) is 128 cm³/mol. The average Bonchev–Trinajstić information content (AvgIpc) is 3.64. The van der Waals surface area contributed by atoms with E-state index in [1.165, 1.54) is 4.31 Å². The van der Waals surface area contributed by atoms with Gasteiger partial charge in [0, 0.05) is 37.2 Å². The Kier molecular flexibility index (Phi) is 5.80. The smallest absolute Gasteiger partial charge is 0.243 e. The van der Waals surface area contributed by atoms with Gasteiger partial charge in [-0.3, -0.25) is 0 Å². The van der Waals surface area contributed by atoms with Gasteiger partial charge in [-0.25, -0.2) is 22.8 Å². The minimum atomic E-state index is -3.91. The second-order valence-electron chi connectivity index (χ2n) is 8.53. The molecule has 0 spiro atoms. The van der Waals surface area contributed by atoms with E-state index < -0.39 is 15.8 Å². The summed E-state index contributed by atoms with van der Waals surface area (Å²) in [6.07, 6.45) is 2.13. The Morgan fingerprint density at radius 2 is 1.85 bits per heavy atom. The van der Waals surface area contributed by atoms with Crippen LogP contribution in [-0.4, -0.2) is 54.9 Å². The number of nitrogens with one attached hydrogen (secondary N) is 1. The van der Waals surface area contributed by atoms with Crippen LogP contribution in [0.15, 0.2) is 35.2 Å². The number of nitrogens with zero attached hydrogens (tertiary/aromatic N) is 5. The molecular formula is C23H22ClFN6O2S. The van der Waals surface area contributed by atoms with Gasteiger partial charge in [-0.1, -0.05) is 11.6 Å². The lowest BCUT2D eigenvalue weighted by Crippen LogP contribution is -2.49. The zero-order valence-electron chi connectivity index (χ0n) is 18.4. The molecule has 2 heterocycles. The van der Waals surface area contributed by atoms with Crippen LogP contribution in [0, 0.1) is 24.1 Å². The molecule has 1 aliphatic heterocycles. The fourth-order valence-corrected chi connectivity index (χ4v) is 5.96. The monoisotopic (exact) mass is 500 g/mol. The molecule has 0 radical (unpaired) electrons. The highest BCUT2D eigenvalue weighted by molar-refractivity contribution is 7.89. The first-order valence-corrected chi connectivity index (χ1v) is 12.8. The summed E-state index contributed by atoms with van der Waals surface area (Å²) in [5.41, 5.74) is 2.12. The highest BCUT2D eigenvalue weighted by Crippen LogP contribution is 2.33. The van der Waals surface area contributed by atoms with E-state index >= 15 is 0 Å². The van der Waals surface area contributed by atoms with E-state index in [-0.39, 0.29) is 23.0 Å². The summed E-state index contributed by atoms with van der Waals surface area (Å²) in [6.45, 7) is 2.76. The molecule has 1 aromatic heterocycles. The maximum atomic E-state index is 13.9. The van der Waals surface area contributed by atoms with Crippen LogP contribution in [0.5, 0.6) is 0 Å². The van der Waals surface area contributed by atoms with E-state index in [9.17, 15) is 18.1 Å². The van der Waals surface area contributed by atoms with Crippen molar-refractivity contribution < 1.29 is 12.8 Å². The minimum Gasteiger partial charge on any atom is -0.364 e. The van der Waals surface area contributed by atoms with Gasteiger partial charge >= 0.3 is 0 Å². The second kappa shape index (κ2) is 8.65. The van der Waals surface area contributed by atoms with Crippen LogP contribution >= 0.6 is 11.6 Å². The van der Waals surface area contributed by atoms with Crippen molar-refractivity contribution in [3.05, 3.63) is 52.3 Å². The summed E-state index contributed by atoms with van der Waals surface area (Å²) < 4.78 is 41.7. The normalized spacial score (nSPS) is 17.1. The van der Waals surface area contributed by atoms with Gasteiger partial charge in [0.15, 0.2) is 11.6 Å². The molecule has 0 atom stereocenters. The average molecular weight is 501 g/mol. The molecule has 176 valence electrons. The number of hydrogen-bond acceptors (Lipinski definition) is 7. The maximum absolute atomic E-state index is 13.9. The molecular weight excluding hydrogens is 479 g/mol. The predicted octanol–water partition coefficient (Wildman–Crippen LogP) is 3.69. The van der Waals surface area contributed by atoms with Crippen molar-refractivity contribution in [2.75, 3.05) is 36.4 Å². The number of hydrogen-bond donors (Lipinski definition) is 1. The molecule has 5 rings (SSSR count). The molecule has 2 fully saturated rings. The van der Waals surface area contributed by atoms with E-state index in [0.717, 1.165) is 25.0 Å². The number of anilines is 2. The minimum absolute atomic E-state index is 0.0798. The SMILES string of the molecule is Cc1c(Cl)cc(F)cc1S(=O)(=O)N1CCN(c2nc3cc(C#N)ccc3nc2NC2CC2)CC1. The van der Waals surface area contributed by atoms with Crippen molar-refractivity contribution in [2.45, 2.75) is 30.7 Å². The molecule has 2 aromatic carbocycles. The Labute approximate surface area is 202 Å². The summed E-state index contributed by atoms with van der Waals surface area (Å²) in [5, 5.41) is 12.7. The highest BCUT2D eigenvalue weighted by atomic mass is 35.5. The van der Waals surface area contributed by atoms with Crippen LogP contribution in [0.4, 0.5) is 16.0 Å². The van der Waals surface area contributed by atoms with Crippen molar-refractivity contribution >= 4 is 44.3 Å². The van der Waals surface area contributed by atoms with Crippen LogP contribution in [0.1, 0.15) is 24.0 Å². The molecule has 1 saturated heterocycles. The lowest BCUT2D eigenvalue weighted by molar-refractivity contribution is 0.383. The lowest BCUT2D eigenvalue weighted by Gasteiger charge is -2.35. The number of sulfonamides is 1. The molecule has 1 saturated carbocycles. The Morgan fingerprint density at radius 3 is 2.53 bits per heavy atom. The van der Waals surface area contributed by atoms with Gasteiger partial charge in [0.25, 0.3) is 0 Å². The summed E-state index contributed by atoms with van der Waals surface area (Å²) >= 11 is 6.03. The lowest BCUT2D eigenvalue weighted by atomic mass is 10.2. The second-order valence-corrected chi connectivity index (χ2v) is 10.8. The Bertz CT molecular complexity index is 1430. The number of piperazine rings is 1. The Morgan fingerprint density at radius 1 is 1.12 bits per heavy atom.